The Morgan fingerprint density at radius 1 is 1.10 bits per heavy atom. The highest BCUT2D eigenvalue weighted by Crippen LogP contribution is 2.29. The van der Waals surface area contributed by atoms with E-state index in [2.05, 4.69) is 10.6 Å². The maximum absolute atomic E-state index is 12.7. The molecule has 7 nitrogen and oxygen atoms in total. The predicted octanol–water partition coefficient (Wildman–Crippen LogP) is 2.08. The lowest BCUT2D eigenvalue weighted by Gasteiger charge is -2.18. The van der Waals surface area contributed by atoms with E-state index in [1.54, 1.807) is 47.4 Å². The Morgan fingerprint density at radius 2 is 1.83 bits per heavy atom. The molecule has 4 rings (SSSR count). The molecule has 8 heteroatoms. The highest BCUT2D eigenvalue weighted by Gasteiger charge is 2.34. The number of carbonyl (C=O) groups is 4. The lowest BCUT2D eigenvalue weighted by molar-refractivity contribution is -0.125. The number of nitrogens with zero attached hydrogens (tertiary/aromatic N) is 1. The summed E-state index contributed by atoms with van der Waals surface area (Å²) in [6.07, 6.45) is 1.12. The van der Waals surface area contributed by atoms with E-state index >= 15 is 0 Å². The van der Waals surface area contributed by atoms with Gasteiger partial charge in [0.25, 0.3) is 5.91 Å². The number of halogens is 1. The molecule has 2 aliphatic heterocycles. The molecule has 2 saturated heterocycles. The van der Waals surface area contributed by atoms with Gasteiger partial charge in [0, 0.05) is 18.5 Å². The van der Waals surface area contributed by atoms with Gasteiger partial charge in [-0.2, -0.15) is 0 Å². The van der Waals surface area contributed by atoms with Crippen LogP contribution in [0.1, 0.15) is 28.8 Å². The van der Waals surface area contributed by atoms with Crippen molar-refractivity contribution in [1.82, 2.24) is 10.6 Å². The maximum Gasteiger partial charge on any atom is 0.251 e. The minimum atomic E-state index is -0.610. The van der Waals surface area contributed by atoms with Gasteiger partial charge in [-0.25, -0.2) is 0 Å². The fourth-order valence-corrected chi connectivity index (χ4v) is 4.05. The van der Waals surface area contributed by atoms with E-state index in [1.165, 1.54) is 0 Å². The topological polar surface area (TPSA) is 95.6 Å². The van der Waals surface area contributed by atoms with Gasteiger partial charge in [0.2, 0.25) is 17.7 Å². The van der Waals surface area contributed by atoms with Crippen molar-refractivity contribution < 1.29 is 19.2 Å². The molecule has 2 fully saturated rings. The van der Waals surface area contributed by atoms with Gasteiger partial charge in [-0.15, -0.1) is 0 Å². The molecule has 154 valence electrons. The van der Waals surface area contributed by atoms with Crippen molar-refractivity contribution in [2.75, 3.05) is 11.4 Å². The molecule has 2 heterocycles. The summed E-state index contributed by atoms with van der Waals surface area (Å²) in [6, 6.07) is 13.3. The number of rotatable bonds is 5. The van der Waals surface area contributed by atoms with Gasteiger partial charge in [-0.1, -0.05) is 35.9 Å². The van der Waals surface area contributed by atoms with Crippen molar-refractivity contribution in [3.63, 3.8) is 0 Å². The molecule has 2 atom stereocenters. The standard InChI is InChI=1S/C22H20ClN3O4/c23-16-3-1-2-4-18(16)26-10-9-17(22(26)30)24-20(28)14-7-5-13(6-8-14)11-15-12-19(27)25-21(15)29/h1-8,15,17H,9-12H2,(H,24,28)(H,25,27,29). The SMILES string of the molecule is O=C1CC(Cc2ccc(C(=O)NC3CCN(c4ccccc4Cl)C3=O)cc2)C(=O)N1. The van der Waals surface area contributed by atoms with Crippen LogP contribution in [0.3, 0.4) is 0 Å². The monoisotopic (exact) mass is 425 g/mol. The van der Waals surface area contributed by atoms with Crippen LogP contribution in [0.5, 0.6) is 0 Å². The van der Waals surface area contributed by atoms with E-state index < -0.39 is 6.04 Å². The molecule has 0 bridgehead atoms. The number of amides is 4. The molecule has 2 aliphatic rings. The summed E-state index contributed by atoms with van der Waals surface area (Å²) < 4.78 is 0. The second-order valence-corrected chi connectivity index (χ2v) is 7.88. The smallest absolute Gasteiger partial charge is 0.251 e. The molecule has 4 amide bonds. The number of hydrogen-bond donors (Lipinski definition) is 2. The van der Waals surface area contributed by atoms with Gasteiger partial charge >= 0.3 is 0 Å². The fourth-order valence-electron chi connectivity index (χ4n) is 3.81. The molecule has 0 aliphatic carbocycles. The van der Waals surface area contributed by atoms with Crippen LogP contribution >= 0.6 is 11.6 Å². The molecule has 0 radical (unpaired) electrons. The van der Waals surface area contributed by atoms with Crippen LogP contribution in [-0.2, 0) is 20.8 Å². The Labute approximate surface area is 178 Å². The molecule has 2 unspecified atom stereocenters. The molecule has 2 aromatic rings. The van der Waals surface area contributed by atoms with E-state index in [-0.39, 0.29) is 36.0 Å². The van der Waals surface area contributed by atoms with Gasteiger partial charge in [0.05, 0.1) is 16.6 Å². The number of carbonyl (C=O) groups excluding carboxylic acids is 4. The van der Waals surface area contributed by atoms with Crippen molar-refractivity contribution >= 4 is 40.9 Å². The van der Waals surface area contributed by atoms with Crippen molar-refractivity contribution in [3.8, 4) is 0 Å². The summed E-state index contributed by atoms with van der Waals surface area (Å²) in [7, 11) is 0. The fraction of sp³-hybridized carbons (Fsp3) is 0.273. The molecular formula is C22H20ClN3O4. The molecule has 2 aromatic carbocycles. The normalized spacial score (nSPS) is 21.1. The number of anilines is 1. The molecule has 0 aromatic heterocycles. The predicted molar refractivity (Wildman–Crippen MR) is 111 cm³/mol. The zero-order valence-corrected chi connectivity index (χ0v) is 16.8. The molecular weight excluding hydrogens is 406 g/mol. The second kappa shape index (κ2) is 8.28. The number of nitrogens with one attached hydrogen (secondary N) is 2. The Kier molecular flexibility index (Phi) is 5.55. The van der Waals surface area contributed by atoms with Gasteiger partial charge in [0.1, 0.15) is 6.04 Å². The molecule has 0 saturated carbocycles. The van der Waals surface area contributed by atoms with E-state index in [4.69, 9.17) is 11.6 Å². The van der Waals surface area contributed by atoms with Gasteiger partial charge in [0.15, 0.2) is 0 Å². The summed E-state index contributed by atoms with van der Waals surface area (Å²) in [5.41, 5.74) is 1.93. The number of benzene rings is 2. The third-order valence-corrected chi connectivity index (χ3v) is 5.74. The summed E-state index contributed by atoms with van der Waals surface area (Å²) in [6.45, 7) is 0.481. The maximum atomic E-state index is 12.7. The minimum absolute atomic E-state index is 0.187. The highest BCUT2D eigenvalue weighted by molar-refractivity contribution is 6.34. The largest absolute Gasteiger partial charge is 0.340 e. The van der Waals surface area contributed by atoms with Crippen LogP contribution < -0.4 is 15.5 Å². The molecule has 2 N–H and O–H groups in total. The first kappa shape index (κ1) is 20.1. The lowest BCUT2D eigenvalue weighted by Crippen LogP contribution is -2.41. The van der Waals surface area contributed by atoms with E-state index in [0.717, 1.165) is 5.56 Å². The average molecular weight is 426 g/mol. The van der Waals surface area contributed by atoms with Gasteiger partial charge < -0.3 is 10.2 Å². The summed E-state index contributed by atoms with van der Waals surface area (Å²) in [5.74, 6) is -1.42. The minimum Gasteiger partial charge on any atom is -0.340 e. The first-order valence-corrected chi connectivity index (χ1v) is 10.1. The zero-order chi connectivity index (χ0) is 21.3. The first-order valence-electron chi connectivity index (χ1n) is 9.72. The van der Waals surface area contributed by atoms with E-state index in [1.807, 2.05) is 6.07 Å². The Morgan fingerprint density at radius 3 is 2.50 bits per heavy atom. The van der Waals surface area contributed by atoms with Crippen LogP contribution in [0.4, 0.5) is 5.69 Å². The van der Waals surface area contributed by atoms with E-state index in [9.17, 15) is 19.2 Å². The van der Waals surface area contributed by atoms with Gasteiger partial charge in [-0.05, 0) is 42.7 Å². The Bertz CT molecular complexity index is 1020. The highest BCUT2D eigenvalue weighted by atomic mass is 35.5. The van der Waals surface area contributed by atoms with Crippen LogP contribution in [0.25, 0.3) is 0 Å². The van der Waals surface area contributed by atoms with Crippen molar-refractivity contribution in [2.45, 2.75) is 25.3 Å². The van der Waals surface area contributed by atoms with Crippen LogP contribution in [0.2, 0.25) is 5.02 Å². The zero-order valence-electron chi connectivity index (χ0n) is 16.1. The number of para-hydroxylation sites is 1. The average Bonchev–Trinajstić information content (AvgIpc) is 3.24. The first-order chi connectivity index (χ1) is 14.4. The third kappa shape index (κ3) is 4.07. The Balaban J connectivity index is 1.37. The molecule has 0 spiro atoms. The van der Waals surface area contributed by atoms with Crippen LogP contribution in [-0.4, -0.2) is 36.2 Å². The summed E-state index contributed by atoms with van der Waals surface area (Å²) in [5, 5.41) is 5.57. The second-order valence-electron chi connectivity index (χ2n) is 7.47. The number of imide groups is 1. The van der Waals surface area contributed by atoms with E-state index in [0.29, 0.717) is 35.7 Å². The van der Waals surface area contributed by atoms with Crippen LogP contribution in [0, 0.1) is 5.92 Å². The van der Waals surface area contributed by atoms with Crippen molar-refractivity contribution in [1.29, 1.82) is 0 Å². The van der Waals surface area contributed by atoms with Crippen LogP contribution in [0.15, 0.2) is 48.5 Å². The Hall–Kier alpha value is -3.19. The quantitative estimate of drug-likeness (QED) is 0.717. The third-order valence-electron chi connectivity index (χ3n) is 5.42. The lowest BCUT2D eigenvalue weighted by atomic mass is 9.97. The summed E-state index contributed by atoms with van der Waals surface area (Å²) >= 11 is 6.19. The van der Waals surface area contributed by atoms with Crippen molar-refractivity contribution in [3.05, 3.63) is 64.7 Å². The number of hydrogen-bond acceptors (Lipinski definition) is 4. The van der Waals surface area contributed by atoms with Crippen molar-refractivity contribution in [2.24, 2.45) is 5.92 Å². The van der Waals surface area contributed by atoms with Gasteiger partial charge in [-0.3, -0.25) is 24.5 Å². The summed E-state index contributed by atoms with van der Waals surface area (Å²) in [4.78, 5) is 49.9. The molecule has 30 heavy (non-hydrogen) atoms.